The maximum absolute atomic E-state index is 11.7. The Labute approximate surface area is 106 Å². The van der Waals surface area contributed by atoms with Gasteiger partial charge in [-0.2, -0.15) is 11.8 Å². The van der Waals surface area contributed by atoms with Gasteiger partial charge in [0, 0.05) is 18.4 Å². The fourth-order valence-electron chi connectivity index (χ4n) is 1.27. The summed E-state index contributed by atoms with van der Waals surface area (Å²) in [6, 6.07) is 7.50. The summed E-state index contributed by atoms with van der Waals surface area (Å²) in [5, 5.41) is 0. The van der Waals surface area contributed by atoms with Crippen molar-refractivity contribution in [1.29, 1.82) is 0 Å². The first kappa shape index (κ1) is 14.0. The van der Waals surface area contributed by atoms with Crippen LogP contribution >= 0.6 is 11.8 Å². The van der Waals surface area contributed by atoms with E-state index in [0.29, 0.717) is 18.8 Å². The van der Waals surface area contributed by atoms with E-state index in [1.165, 1.54) is 0 Å². The minimum absolute atomic E-state index is 0.232. The SMILES string of the molecule is COCCONC(=O)c1cccc(CSC)c1. The van der Waals surface area contributed by atoms with Crippen LogP contribution in [0.15, 0.2) is 24.3 Å². The molecular formula is C12H17NO3S. The highest BCUT2D eigenvalue weighted by molar-refractivity contribution is 7.97. The predicted molar refractivity (Wildman–Crippen MR) is 69.0 cm³/mol. The third-order valence-electron chi connectivity index (χ3n) is 2.05. The lowest BCUT2D eigenvalue weighted by Gasteiger charge is -2.06. The number of amides is 1. The molecule has 0 aliphatic rings. The average Bonchev–Trinajstić information content (AvgIpc) is 2.35. The molecule has 0 aromatic heterocycles. The van der Waals surface area contributed by atoms with Gasteiger partial charge in [-0.3, -0.25) is 9.63 Å². The quantitative estimate of drug-likeness (QED) is 0.597. The first-order valence-corrected chi connectivity index (χ1v) is 6.66. The lowest BCUT2D eigenvalue weighted by atomic mass is 10.1. The molecule has 1 aromatic rings. The Morgan fingerprint density at radius 1 is 1.41 bits per heavy atom. The van der Waals surface area contributed by atoms with Crippen molar-refractivity contribution in [3.05, 3.63) is 35.4 Å². The van der Waals surface area contributed by atoms with E-state index in [4.69, 9.17) is 9.57 Å². The van der Waals surface area contributed by atoms with Gasteiger partial charge in [0.2, 0.25) is 0 Å². The van der Waals surface area contributed by atoms with Gasteiger partial charge in [-0.05, 0) is 24.0 Å². The summed E-state index contributed by atoms with van der Waals surface area (Å²) in [6.45, 7) is 0.791. The summed E-state index contributed by atoms with van der Waals surface area (Å²) in [5.74, 6) is 0.662. The molecule has 0 unspecified atom stereocenters. The molecule has 1 rings (SSSR count). The molecule has 0 spiro atoms. The summed E-state index contributed by atoms with van der Waals surface area (Å²) in [4.78, 5) is 16.6. The molecule has 5 heteroatoms. The molecule has 0 fully saturated rings. The first-order valence-electron chi connectivity index (χ1n) is 5.27. The number of hydroxylamine groups is 1. The third kappa shape index (κ3) is 5.21. The molecule has 4 nitrogen and oxygen atoms in total. The smallest absolute Gasteiger partial charge is 0.274 e. The fraction of sp³-hybridized carbons (Fsp3) is 0.417. The van der Waals surface area contributed by atoms with E-state index in [1.54, 1.807) is 24.9 Å². The Morgan fingerprint density at radius 3 is 2.94 bits per heavy atom. The van der Waals surface area contributed by atoms with Gasteiger partial charge in [-0.1, -0.05) is 12.1 Å². The molecule has 0 saturated heterocycles. The number of benzene rings is 1. The van der Waals surface area contributed by atoms with Gasteiger partial charge < -0.3 is 4.74 Å². The Bertz CT molecular complexity index is 357. The molecule has 94 valence electrons. The van der Waals surface area contributed by atoms with Crippen molar-refractivity contribution in [2.45, 2.75) is 5.75 Å². The number of carbonyl (C=O) groups excluding carboxylic acids is 1. The van der Waals surface area contributed by atoms with Crippen LogP contribution in [0, 0.1) is 0 Å². The van der Waals surface area contributed by atoms with Crippen molar-refractivity contribution in [1.82, 2.24) is 5.48 Å². The Balaban J connectivity index is 2.47. The number of nitrogens with one attached hydrogen (secondary N) is 1. The lowest BCUT2D eigenvalue weighted by molar-refractivity contribution is 0.00888. The van der Waals surface area contributed by atoms with Crippen molar-refractivity contribution >= 4 is 17.7 Å². The maximum atomic E-state index is 11.7. The minimum Gasteiger partial charge on any atom is -0.382 e. The van der Waals surface area contributed by atoms with Crippen molar-refractivity contribution in [3.63, 3.8) is 0 Å². The predicted octanol–water partition coefficient (Wildman–Crippen LogP) is 1.86. The van der Waals surface area contributed by atoms with Crippen LogP contribution in [-0.4, -0.2) is 32.5 Å². The molecular weight excluding hydrogens is 238 g/mol. The van der Waals surface area contributed by atoms with E-state index in [1.807, 2.05) is 24.5 Å². The van der Waals surface area contributed by atoms with E-state index >= 15 is 0 Å². The Morgan fingerprint density at radius 2 is 2.24 bits per heavy atom. The molecule has 1 aromatic carbocycles. The Hall–Kier alpha value is -1.04. The highest BCUT2D eigenvalue weighted by atomic mass is 32.2. The normalized spacial score (nSPS) is 10.2. The number of hydrogen-bond acceptors (Lipinski definition) is 4. The van der Waals surface area contributed by atoms with Crippen LogP contribution in [0.4, 0.5) is 0 Å². The monoisotopic (exact) mass is 255 g/mol. The fourth-order valence-corrected chi connectivity index (χ4v) is 1.78. The van der Waals surface area contributed by atoms with Gasteiger partial charge in [-0.15, -0.1) is 0 Å². The first-order chi connectivity index (χ1) is 8.27. The zero-order valence-electron chi connectivity index (χ0n) is 10.1. The minimum atomic E-state index is -0.232. The summed E-state index contributed by atoms with van der Waals surface area (Å²) >= 11 is 1.72. The number of carbonyl (C=O) groups is 1. The molecule has 0 aliphatic heterocycles. The van der Waals surface area contributed by atoms with E-state index in [-0.39, 0.29) is 5.91 Å². The summed E-state index contributed by atoms with van der Waals surface area (Å²) in [7, 11) is 1.58. The second-order valence-electron chi connectivity index (χ2n) is 3.41. The second kappa shape index (κ2) is 8.11. The van der Waals surface area contributed by atoms with Crippen LogP contribution in [0.1, 0.15) is 15.9 Å². The van der Waals surface area contributed by atoms with Crippen molar-refractivity contribution in [3.8, 4) is 0 Å². The molecule has 0 aliphatic carbocycles. The number of hydrogen-bond donors (Lipinski definition) is 1. The highest BCUT2D eigenvalue weighted by Gasteiger charge is 2.05. The van der Waals surface area contributed by atoms with Crippen LogP contribution in [-0.2, 0) is 15.3 Å². The van der Waals surface area contributed by atoms with Crippen molar-refractivity contribution < 1.29 is 14.4 Å². The van der Waals surface area contributed by atoms with Crippen LogP contribution < -0.4 is 5.48 Å². The van der Waals surface area contributed by atoms with Gasteiger partial charge >= 0.3 is 0 Å². The van der Waals surface area contributed by atoms with Crippen LogP contribution in [0.3, 0.4) is 0 Å². The molecule has 0 radical (unpaired) electrons. The molecule has 1 N–H and O–H groups in total. The second-order valence-corrected chi connectivity index (χ2v) is 4.27. The summed E-state index contributed by atoms with van der Waals surface area (Å²) in [5.41, 5.74) is 4.11. The van der Waals surface area contributed by atoms with E-state index in [2.05, 4.69) is 5.48 Å². The van der Waals surface area contributed by atoms with Crippen molar-refractivity contribution in [2.24, 2.45) is 0 Å². The zero-order valence-corrected chi connectivity index (χ0v) is 10.9. The average molecular weight is 255 g/mol. The molecule has 0 saturated carbocycles. The number of thioether (sulfide) groups is 1. The highest BCUT2D eigenvalue weighted by Crippen LogP contribution is 2.11. The van der Waals surface area contributed by atoms with Gasteiger partial charge in [0.25, 0.3) is 5.91 Å². The molecule has 0 bridgehead atoms. The Kier molecular flexibility index (Phi) is 6.69. The van der Waals surface area contributed by atoms with E-state index in [0.717, 1.165) is 11.3 Å². The largest absolute Gasteiger partial charge is 0.382 e. The van der Waals surface area contributed by atoms with Gasteiger partial charge in [0.1, 0.15) is 0 Å². The van der Waals surface area contributed by atoms with E-state index in [9.17, 15) is 4.79 Å². The van der Waals surface area contributed by atoms with E-state index < -0.39 is 0 Å². The summed E-state index contributed by atoms with van der Waals surface area (Å²) in [6.07, 6.45) is 2.03. The molecule has 1 amide bonds. The number of rotatable bonds is 7. The maximum Gasteiger partial charge on any atom is 0.274 e. The molecule has 0 atom stereocenters. The van der Waals surface area contributed by atoms with Crippen LogP contribution in [0.5, 0.6) is 0 Å². The molecule has 17 heavy (non-hydrogen) atoms. The van der Waals surface area contributed by atoms with Crippen molar-refractivity contribution in [2.75, 3.05) is 26.6 Å². The van der Waals surface area contributed by atoms with Gasteiger partial charge in [0.05, 0.1) is 13.2 Å². The third-order valence-corrected chi connectivity index (χ3v) is 2.68. The lowest BCUT2D eigenvalue weighted by Crippen LogP contribution is -2.25. The van der Waals surface area contributed by atoms with Gasteiger partial charge in [0.15, 0.2) is 0 Å². The van der Waals surface area contributed by atoms with Gasteiger partial charge in [-0.25, -0.2) is 5.48 Å². The standard InChI is InChI=1S/C12H17NO3S/c1-15-6-7-16-13-12(14)11-5-3-4-10(8-11)9-17-2/h3-5,8H,6-7,9H2,1-2H3,(H,13,14). The molecule has 0 heterocycles. The topological polar surface area (TPSA) is 47.6 Å². The summed E-state index contributed by atoms with van der Waals surface area (Å²) < 4.78 is 4.80. The van der Waals surface area contributed by atoms with Crippen LogP contribution in [0.2, 0.25) is 0 Å². The zero-order chi connectivity index (χ0) is 12.5. The number of ether oxygens (including phenoxy) is 1. The van der Waals surface area contributed by atoms with Crippen LogP contribution in [0.25, 0.3) is 0 Å². The number of methoxy groups -OCH3 is 1.